The van der Waals surface area contributed by atoms with Gasteiger partial charge in [0.25, 0.3) is 0 Å². The molecular weight excluding hydrogens is 159 g/mol. The van der Waals surface area contributed by atoms with Crippen molar-refractivity contribution in [3.63, 3.8) is 0 Å². The van der Waals surface area contributed by atoms with E-state index in [1.165, 1.54) is 0 Å². The average molecular weight is 168 g/mol. The Hall–Kier alpha value is -1.40. The van der Waals surface area contributed by atoms with Gasteiger partial charge in [0.1, 0.15) is 11.3 Å². The van der Waals surface area contributed by atoms with Crippen molar-refractivity contribution in [1.82, 2.24) is 4.98 Å². The summed E-state index contributed by atoms with van der Waals surface area (Å²) < 4.78 is 0. The van der Waals surface area contributed by atoms with Crippen LogP contribution in [0.5, 0.6) is 5.75 Å². The van der Waals surface area contributed by atoms with Crippen LogP contribution in [-0.4, -0.2) is 20.2 Å². The van der Waals surface area contributed by atoms with Gasteiger partial charge in [0.15, 0.2) is 0 Å². The third-order valence-corrected chi connectivity index (χ3v) is 1.84. The van der Waals surface area contributed by atoms with Crippen LogP contribution in [0.4, 0.5) is 0 Å². The van der Waals surface area contributed by atoms with E-state index in [0.29, 0.717) is 5.52 Å². The van der Waals surface area contributed by atoms with Crippen molar-refractivity contribution in [2.75, 3.05) is 0 Å². The van der Waals surface area contributed by atoms with Gasteiger partial charge < -0.3 is 5.11 Å². The fourth-order valence-corrected chi connectivity index (χ4v) is 1.23. The Morgan fingerprint density at radius 1 is 1.15 bits per heavy atom. The second-order valence-corrected chi connectivity index (χ2v) is 2.80. The van der Waals surface area contributed by atoms with Gasteiger partial charge in [0, 0.05) is 21.2 Å². The van der Waals surface area contributed by atoms with Crippen LogP contribution >= 0.6 is 0 Å². The van der Waals surface area contributed by atoms with Crippen molar-refractivity contribution < 1.29 is 5.11 Å². The van der Waals surface area contributed by atoms with E-state index < -0.39 is 0 Å². The van der Waals surface area contributed by atoms with E-state index in [0.717, 1.165) is 11.1 Å². The Morgan fingerprint density at radius 2 is 1.92 bits per heavy atom. The minimum atomic E-state index is 0. The largest absolute Gasteiger partial charge is 0.506 e. The van der Waals surface area contributed by atoms with Crippen molar-refractivity contribution in [3.05, 3.63) is 36.0 Å². The first kappa shape index (κ1) is 9.69. The molecule has 0 saturated carbocycles. The van der Waals surface area contributed by atoms with E-state index >= 15 is 0 Å². The Labute approximate surface area is 80.5 Å². The number of aromatic hydroxyl groups is 1. The maximum Gasteiger partial charge on any atom is 0.141 e. The summed E-state index contributed by atoms with van der Waals surface area (Å²) in [5.41, 5.74) is 1.60. The van der Waals surface area contributed by atoms with Gasteiger partial charge in [0.2, 0.25) is 0 Å². The number of benzene rings is 1. The molecule has 0 amide bonds. The Bertz CT molecular complexity index is 428. The van der Waals surface area contributed by atoms with Crippen molar-refractivity contribution in [1.29, 1.82) is 0 Å². The van der Waals surface area contributed by atoms with E-state index in [2.05, 4.69) is 4.98 Å². The first-order valence-corrected chi connectivity index (χ1v) is 3.83. The molecule has 0 aliphatic rings. The molecule has 1 aromatic carbocycles. The fraction of sp³-hybridized carbons (Fsp3) is 0.100. The summed E-state index contributed by atoms with van der Waals surface area (Å²) in [5, 5.41) is 10.4. The van der Waals surface area contributed by atoms with Gasteiger partial charge in [-0.05, 0) is 19.1 Å². The molecule has 0 aliphatic carbocycles. The van der Waals surface area contributed by atoms with Gasteiger partial charge in [0.05, 0.1) is 0 Å². The smallest absolute Gasteiger partial charge is 0.141 e. The SMILES string of the molecule is Cc1ccc2cccc(O)c2n1.[Be]. The van der Waals surface area contributed by atoms with Crippen molar-refractivity contribution in [2.24, 2.45) is 0 Å². The number of para-hydroxylation sites is 1. The zero-order valence-corrected chi connectivity index (χ0v) is 7.49. The molecule has 1 aromatic heterocycles. The number of phenols is 1. The van der Waals surface area contributed by atoms with Crippen LogP contribution < -0.4 is 0 Å². The first-order chi connectivity index (χ1) is 5.77. The molecule has 0 aliphatic heterocycles. The standard InChI is InChI=1S/C10H9NO.Be/c1-7-5-6-8-3-2-4-9(12)10(8)11-7;/h2-6,12H,1H3;. The molecule has 0 saturated heterocycles. The van der Waals surface area contributed by atoms with Crippen LogP contribution in [0.3, 0.4) is 0 Å². The van der Waals surface area contributed by atoms with E-state index in [9.17, 15) is 5.11 Å². The quantitative estimate of drug-likeness (QED) is 0.609. The summed E-state index contributed by atoms with van der Waals surface area (Å²) in [6.07, 6.45) is 0. The summed E-state index contributed by atoms with van der Waals surface area (Å²) in [6.45, 7) is 1.91. The van der Waals surface area contributed by atoms with Crippen molar-refractivity contribution in [3.8, 4) is 5.75 Å². The van der Waals surface area contributed by atoms with Gasteiger partial charge in [-0.25, -0.2) is 4.98 Å². The molecule has 0 fully saturated rings. The summed E-state index contributed by atoms with van der Waals surface area (Å²) >= 11 is 0. The van der Waals surface area contributed by atoms with E-state index in [1.54, 1.807) is 6.07 Å². The minimum Gasteiger partial charge on any atom is -0.506 e. The second-order valence-electron chi connectivity index (χ2n) is 2.80. The second kappa shape index (κ2) is 3.54. The molecule has 0 unspecified atom stereocenters. The molecule has 1 heterocycles. The number of aromatic nitrogens is 1. The Morgan fingerprint density at radius 3 is 2.69 bits per heavy atom. The summed E-state index contributed by atoms with van der Waals surface area (Å²) in [4.78, 5) is 4.23. The summed E-state index contributed by atoms with van der Waals surface area (Å²) in [6, 6.07) is 9.28. The van der Waals surface area contributed by atoms with Crippen LogP contribution in [0.2, 0.25) is 0 Å². The molecule has 0 spiro atoms. The number of phenolic OH excluding ortho intramolecular Hbond substituents is 1. The predicted octanol–water partition coefficient (Wildman–Crippen LogP) is 1.87. The molecule has 2 nitrogen and oxygen atoms in total. The number of fused-ring (bicyclic) bond motifs is 1. The summed E-state index contributed by atoms with van der Waals surface area (Å²) in [5.74, 6) is 0.246. The van der Waals surface area contributed by atoms with E-state index in [-0.39, 0.29) is 15.9 Å². The molecule has 2 rings (SSSR count). The van der Waals surface area contributed by atoms with Gasteiger partial charge in [-0.1, -0.05) is 18.2 Å². The molecule has 62 valence electrons. The topological polar surface area (TPSA) is 33.1 Å². The molecule has 0 bridgehead atoms. The third-order valence-electron chi connectivity index (χ3n) is 1.84. The van der Waals surface area contributed by atoms with E-state index in [4.69, 9.17) is 0 Å². The van der Waals surface area contributed by atoms with Gasteiger partial charge in [-0.15, -0.1) is 0 Å². The number of nitrogens with zero attached hydrogens (tertiary/aromatic N) is 1. The van der Waals surface area contributed by atoms with Crippen LogP contribution in [0.25, 0.3) is 10.9 Å². The van der Waals surface area contributed by atoms with E-state index in [1.807, 2.05) is 31.2 Å². The van der Waals surface area contributed by atoms with Crippen LogP contribution in [0, 0.1) is 6.92 Å². The Kier molecular flexibility index (Phi) is 2.64. The maximum atomic E-state index is 9.43. The van der Waals surface area contributed by atoms with Gasteiger partial charge in [-0.2, -0.15) is 0 Å². The molecule has 0 atom stereocenters. The number of hydrogen-bond donors (Lipinski definition) is 1. The van der Waals surface area contributed by atoms with Gasteiger partial charge in [-0.3, -0.25) is 0 Å². The first-order valence-electron chi connectivity index (χ1n) is 3.83. The number of pyridine rings is 1. The molecule has 13 heavy (non-hydrogen) atoms. The number of hydrogen-bond acceptors (Lipinski definition) is 2. The zero-order valence-electron chi connectivity index (χ0n) is 7.49. The van der Waals surface area contributed by atoms with Crippen LogP contribution in [0.15, 0.2) is 30.3 Å². The average Bonchev–Trinajstić information content (AvgIpc) is 2.07. The van der Waals surface area contributed by atoms with Gasteiger partial charge >= 0.3 is 0 Å². The number of aryl methyl sites for hydroxylation is 1. The maximum absolute atomic E-state index is 9.43. The monoisotopic (exact) mass is 168 g/mol. The van der Waals surface area contributed by atoms with Crippen molar-refractivity contribution in [2.45, 2.75) is 6.92 Å². The van der Waals surface area contributed by atoms with Crippen molar-refractivity contribution >= 4 is 21.0 Å². The fourth-order valence-electron chi connectivity index (χ4n) is 1.23. The molecule has 1 N–H and O–H groups in total. The summed E-state index contributed by atoms with van der Waals surface area (Å²) in [7, 11) is 0. The minimum absolute atomic E-state index is 0. The Balaban J connectivity index is 0.000000845. The zero-order chi connectivity index (χ0) is 8.55. The third kappa shape index (κ3) is 1.68. The van der Waals surface area contributed by atoms with Crippen LogP contribution in [0.1, 0.15) is 5.69 Å². The molecular formula is C10H9BeNO. The molecule has 2 radical (unpaired) electrons. The normalized spacial score (nSPS) is 9.62. The molecule has 3 heteroatoms. The predicted molar refractivity (Wildman–Crippen MR) is 53.9 cm³/mol. The molecule has 2 aromatic rings. The van der Waals surface area contributed by atoms with Crippen LogP contribution in [-0.2, 0) is 0 Å². The number of rotatable bonds is 0.